The number of likely N-dealkylation sites (tertiary alicyclic amines) is 1. The van der Waals surface area contributed by atoms with Crippen LogP contribution in [0, 0.1) is 0 Å². The number of benzene rings is 1. The Balaban J connectivity index is 1.54. The molecule has 0 radical (unpaired) electrons. The van der Waals surface area contributed by atoms with E-state index in [-0.39, 0.29) is 30.4 Å². The van der Waals surface area contributed by atoms with E-state index in [0.29, 0.717) is 43.7 Å². The van der Waals surface area contributed by atoms with Crippen LogP contribution in [0.5, 0.6) is 5.75 Å². The largest absolute Gasteiger partial charge is 0.497 e. The zero-order chi connectivity index (χ0) is 25.0. The number of nitrogens with one attached hydrogen (secondary N) is 1. The average Bonchev–Trinajstić information content (AvgIpc) is 3.52. The van der Waals surface area contributed by atoms with Gasteiger partial charge in [-0.05, 0) is 49.1 Å². The van der Waals surface area contributed by atoms with Crippen molar-refractivity contribution in [3.05, 3.63) is 52.2 Å². The number of rotatable bonds is 7. The van der Waals surface area contributed by atoms with Gasteiger partial charge < -0.3 is 19.7 Å². The molecule has 0 aliphatic carbocycles. The van der Waals surface area contributed by atoms with Gasteiger partial charge in [0.05, 0.1) is 20.1 Å². The number of hydrogen-bond donors (Lipinski definition) is 1. The molecule has 8 nitrogen and oxygen atoms in total. The second-order valence-electron chi connectivity index (χ2n) is 9.13. The fourth-order valence-corrected chi connectivity index (χ4v) is 5.36. The lowest BCUT2D eigenvalue weighted by molar-refractivity contribution is -0.143. The molecule has 1 spiro atoms. The van der Waals surface area contributed by atoms with Gasteiger partial charge in [0.2, 0.25) is 11.8 Å². The standard InChI is InChI=1S/C26H33N3O5S/c1-4-18(2)27-24(31)22-17-34-26(29(22)25(32)19-7-9-20(33-3)10-8-19)11-13-28(14-12-26)23(30)16-21-6-5-15-35-21/h5-10,15,18,22H,4,11-14,16-17H2,1-3H3,(H,27,31). The van der Waals surface area contributed by atoms with Crippen LogP contribution in [0.3, 0.4) is 0 Å². The molecule has 2 aromatic rings. The number of piperidine rings is 1. The van der Waals surface area contributed by atoms with E-state index in [0.717, 1.165) is 11.3 Å². The lowest BCUT2D eigenvalue weighted by Gasteiger charge is -2.44. The SMILES string of the molecule is CCC(C)NC(=O)C1COC2(CCN(C(=O)Cc3cccs3)CC2)N1C(=O)c1ccc(OC)cc1. The van der Waals surface area contributed by atoms with Crippen molar-refractivity contribution in [3.8, 4) is 5.75 Å². The highest BCUT2D eigenvalue weighted by atomic mass is 32.1. The summed E-state index contributed by atoms with van der Waals surface area (Å²) in [5, 5.41) is 4.97. The molecule has 1 N–H and O–H groups in total. The summed E-state index contributed by atoms with van der Waals surface area (Å²) in [6.45, 7) is 5.01. The van der Waals surface area contributed by atoms with Gasteiger partial charge in [0.25, 0.3) is 5.91 Å². The summed E-state index contributed by atoms with van der Waals surface area (Å²) in [5.74, 6) is 0.249. The van der Waals surface area contributed by atoms with E-state index in [2.05, 4.69) is 5.32 Å². The van der Waals surface area contributed by atoms with Crippen LogP contribution in [0.25, 0.3) is 0 Å². The molecular weight excluding hydrogens is 466 g/mol. The van der Waals surface area contributed by atoms with Crippen LogP contribution >= 0.6 is 11.3 Å². The number of methoxy groups -OCH3 is 1. The summed E-state index contributed by atoms with van der Waals surface area (Å²) in [5.41, 5.74) is -0.456. The van der Waals surface area contributed by atoms with Crippen molar-refractivity contribution >= 4 is 29.1 Å². The minimum Gasteiger partial charge on any atom is -0.497 e. The smallest absolute Gasteiger partial charge is 0.256 e. The first-order valence-electron chi connectivity index (χ1n) is 12.1. The maximum Gasteiger partial charge on any atom is 0.256 e. The molecule has 2 saturated heterocycles. The van der Waals surface area contributed by atoms with Crippen LogP contribution < -0.4 is 10.1 Å². The summed E-state index contributed by atoms with van der Waals surface area (Å²) >= 11 is 1.57. The van der Waals surface area contributed by atoms with Gasteiger partial charge in [-0.3, -0.25) is 19.3 Å². The Kier molecular flexibility index (Phi) is 7.76. The Morgan fingerprint density at radius 1 is 1.20 bits per heavy atom. The molecule has 3 heterocycles. The number of nitrogens with zero attached hydrogens (tertiary/aromatic N) is 2. The summed E-state index contributed by atoms with van der Waals surface area (Å²) in [7, 11) is 1.57. The van der Waals surface area contributed by atoms with E-state index < -0.39 is 11.8 Å². The van der Waals surface area contributed by atoms with Crippen LogP contribution in [0.15, 0.2) is 41.8 Å². The van der Waals surface area contributed by atoms with Crippen molar-refractivity contribution in [2.45, 2.75) is 57.3 Å². The first-order valence-corrected chi connectivity index (χ1v) is 13.0. The second-order valence-corrected chi connectivity index (χ2v) is 10.2. The molecule has 9 heteroatoms. The molecule has 3 amide bonds. The van der Waals surface area contributed by atoms with Crippen LogP contribution in [0.2, 0.25) is 0 Å². The van der Waals surface area contributed by atoms with E-state index >= 15 is 0 Å². The Morgan fingerprint density at radius 3 is 2.51 bits per heavy atom. The van der Waals surface area contributed by atoms with Crippen molar-refractivity contribution in [2.24, 2.45) is 0 Å². The highest BCUT2D eigenvalue weighted by molar-refractivity contribution is 7.10. The molecule has 2 aliphatic rings. The van der Waals surface area contributed by atoms with E-state index in [1.54, 1.807) is 47.6 Å². The zero-order valence-electron chi connectivity index (χ0n) is 20.5. The number of ether oxygens (including phenoxy) is 2. The third kappa shape index (κ3) is 5.36. The van der Waals surface area contributed by atoms with Crippen molar-refractivity contribution in [1.82, 2.24) is 15.1 Å². The number of carbonyl (C=O) groups is 3. The first-order chi connectivity index (χ1) is 16.9. The normalized spacial score (nSPS) is 20.0. The molecule has 1 aromatic carbocycles. The first kappa shape index (κ1) is 25.2. The van der Waals surface area contributed by atoms with E-state index in [1.807, 2.05) is 36.3 Å². The zero-order valence-corrected chi connectivity index (χ0v) is 21.3. The van der Waals surface area contributed by atoms with Gasteiger partial charge in [0.1, 0.15) is 17.5 Å². The predicted octanol–water partition coefficient (Wildman–Crippen LogP) is 3.07. The molecule has 4 rings (SSSR count). The lowest BCUT2D eigenvalue weighted by Crippen LogP contribution is -2.60. The van der Waals surface area contributed by atoms with Crippen molar-refractivity contribution in [1.29, 1.82) is 0 Å². The maximum atomic E-state index is 13.8. The molecule has 2 fully saturated rings. The Morgan fingerprint density at radius 2 is 1.91 bits per heavy atom. The monoisotopic (exact) mass is 499 g/mol. The van der Waals surface area contributed by atoms with Gasteiger partial charge in [-0.1, -0.05) is 13.0 Å². The summed E-state index contributed by atoms with van der Waals surface area (Å²) in [4.78, 5) is 44.2. The maximum absolute atomic E-state index is 13.8. The Labute approximate surface area is 210 Å². The molecule has 1 aromatic heterocycles. The van der Waals surface area contributed by atoms with Crippen molar-refractivity contribution in [3.63, 3.8) is 0 Å². The number of carbonyl (C=O) groups excluding carboxylic acids is 3. The minimum atomic E-state index is -0.922. The van der Waals surface area contributed by atoms with Gasteiger partial charge >= 0.3 is 0 Å². The van der Waals surface area contributed by atoms with Crippen molar-refractivity contribution < 1.29 is 23.9 Å². The van der Waals surface area contributed by atoms with Crippen LogP contribution in [0.4, 0.5) is 0 Å². The summed E-state index contributed by atoms with van der Waals surface area (Å²) in [6.07, 6.45) is 2.08. The molecule has 35 heavy (non-hydrogen) atoms. The lowest BCUT2D eigenvalue weighted by atomic mass is 9.96. The molecule has 0 bridgehead atoms. The van der Waals surface area contributed by atoms with Gasteiger partial charge in [0, 0.05) is 42.4 Å². The average molecular weight is 500 g/mol. The molecule has 2 unspecified atom stereocenters. The van der Waals surface area contributed by atoms with Crippen LogP contribution in [-0.4, -0.2) is 72.1 Å². The van der Waals surface area contributed by atoms with Gasteiger partial charge in [0.15, 0.2) is 0 Å². The minimum absolute atomic E-state index is 0.00583. The summed E-state index contributed by atoms with van der Waals surface area (Å²) in [6, 6.07) is 10.0. The van der Waals surface area contributed by atoms with Crippen LogP contribution in [0.1, 0.15) is 48.3 Å². The molecule has 0 saturated carbocycles. The highest BCUT2D eigenvalue weighted by Gasteiger charge is 2.54. The topological polar surface area (TPSA) is 88.2 Å². The van der Waals surface area contributed by atoms with Gasteiger partial charge in [-0.25, -0.2) is 0 Å². The molecule has 2 atom stereocenters. The highest BCUT2D eigenvalue weighted by Crippen LogP contribution is 2.39. The van der Waals surface area contributed by atoms with E-state index in [4.69, 9.17) is 9.47 Å². The van der Waals surface area contributed by atoms with E-state index in [9.17, 15) is 14.4 Å². The van der Waals surface area contributed by atoms with Gasteiger partial charge in [-0.15, -0.1) is 11.3 Å². The fourth-order valence-electron chi connectivity index (χ4n) is 4.66. The number of hydrogen-bond acceptors (Lipinski definition) is 6. The molecule has 2 aliphatic heterocycles. The molecule has 188 valence electrons. The Bertz CT molecular complexity index is 1030. The predicted molar refractivity (Wildman–Crippen MR) is 133 cm³/mol. The number of amides is 3. The quantitative estimate of drug-likeness (QED) is 0.633. The molecular formula is C26H33N3O5S. The number of thiophene rings is 1. The van der Waals surface area contributed by atoms with Gasteiger partial charge in [-0.2, -0.15) is 0 Å². The summed E-state index contributed by atoms with van der Waals surface area (Å²) < 4.78 is 11.5. The third-order valence-electron chi connectivity index (χ3n) is 6.92. The fraction of sp³-hybridized carbons (Fsp3) is 0.500. The third-order valence-corrected chi connectivity index (χ3v) is 7.80. The van der Waals surface area contributed by atoms with E-state index in [1.165, 1.54) is 0 Å². The second kappa shape index (κ2) is 10.8. The van der Waals surface area contributed by atoms with Crippen LogP contribution in [-0.2, 0) is 20.7 Å². The van der Waals surface area contributed by atoms with Crippen molar-refractivity contribution in [2.75, 3.05) is 26.8 Å². The Hall–Kier alpha value is -2.91.